The number of hydrogen-bond acceptors (Lipinski definition) is 2. The van der Waals surface area contributed by atoms with E-state index in [0.717, 1.165) is 5.56 Å². The Morgan fingerprint density at radius 2 is 1.64 bits per heavy atom. The Bertz CT molecular complexity index is 872. The Kier molecular flexibility index (Phi) is 3.96. The number of carbonyl (C=O) groups excluding carboxylic acids is 2. The Morgan fingerprint density at radius 3 is 2.40 bits per heavy atom. The highest BCUT2D eigenvalue weighted by Gasteiger charge is 2.40. The second kappa shape index (κ2) is 6.28. The van der Waals surface area contributed by atoms with Crippen LogP contribution in [0.1, 0.15) is 37.2 Å². The standard InChI is InChI=1S/C21H18FNO2/c22-16-9-4-5-10-17(16)23-18-11-6-12-19(24)21(18)15(13-20(23)25)14-7-2-1-3-8-14/h1-5,7-10,15H,6,11-13H2. The lowest BCUT2D eigenvalue weighted by molar-refractivity contribution is -0.120. The fraction of sp³-hybridized carbons (Fsp3) is 0.238. The molecule has 1 atom stereocenters. The summed E-state index contributed by atoms with van der Waals surface area (Å²) in [6.45, 7) is 0. The van der Waals surface area contributed by atoms with Gasteiger partial charge in [-0.1, -0.05) is 42.5 Å². The maximum atomic E-state index is 14.3. The molecule has 1 heterocycles. The Hall–Kier alpha value is -2.75. The van der Waals surface area contributed by atoms with E-state index < -0.39 is 5.82 Å². The molecule has 1 aliphatic heterocycles. The van der Waals surface area contributed by atoms with Gasteiger partial charge in [0.2, 0.25) is 5.91 Å². The Labute approximate surface area is 145 Å². The number of carbonyl (C=O) groups is 2. The van der Waals surface area contributed by atoms with E-state index in [9.17, 15) is 14.0 Å². The molecule has 126 valence electrons. The van der Waals surface area contributed by atoms with Gasteiger partial charge in [0.25, 0.3) is 0 Å². The van der Waals surface area contributed by atoms with Crippen molar-refractivity contribution in [2.75, 3.05) is 4.90 Å². The molecule has 25 heavy (non-hydrogen) atoms. The summed E-state index contributed by atoms with van der Waals surface area (Å²) >= 11 is 0. The van der Waals surface area contributed by atoms with Gasteiger partial charge in [-0.2, -0.15) is 0 Å². The van der Waals surface area contributed by atoms with Crippen molar-refractivity contribution in [3.05, 3.63) is 77.2 Å². The lowest BCUT2D eigenvalue weighted by atomic mass is 9.77. The number of para-hydroxylation sites is 1. The topological polar surface area (TPSA) is 37.4 Å². The number of benzene rings is 2. The first-order chi connectivity index (χ1) is 12.2. The number of hydrogen-bond donors (Lipinski definition) is 0. The zero-order chi connectivity index (χ0) is 17.4. The average Bonchev–Trinajstić information content (AvgIpc) is 2.63. The minimum atomic E-state index is -0.445. The number of rotatable bonds is 2. The van der Waals surface area contributed by atoms with Crippen LogP contribution >= 0.6 is 0 Å². The number of ketones is 1. The lowest BCUT2D eigenvalue weighted by Crippen LogP contribution is -2.41. The van der Waals surface area contributed by atoms with E-state index in [-0.39, 0.29) is 29.7 Å². The van der Waals surface area contributed by atoms with Crippen molar-refractivity contribution in [1.82, 2.24) is 0 Å². The highest BCUT2D eigenvalue weighted by molar-refractivity contribution is 6.07. The molecule has 1 unspecified atom stereocenters. The second-order valence-electron chi connectivity index (χ2n) is 6.49. The van der Waals surface area contributed by atoms with Crippen molar-refractivity contribution in [1.29, 1.82) is 0 Å². The molecule has 1 amide bonds. The molecular weight excluding hydrogens is 317 g/mol. The number of allylic oxidation sites excluding steroid dienone is 2. The first-order valence-corrected chi connectivity index (χ1v) is 8.55. The number of amides is 1. The molecule has 1 aliphatic carbocycles. The van der Waals surface area contributed by atoms with Gasteiger partial charge in [-0.05, 0) is 30.5 Å². The van der Waals surface area contributed by atoms with Crippen LogP contribution in [0, 0.1) is 5.82 Å². The smallest absolute Gasteiger partial charge is 0.232 e. The van der Waals surface area contributed by atoms with E-state index >= 15 is 0 Å². The highest BCUT2D eigenvalue weighted by Crippen LogP contribution is 2.43. The summed E-state index contributed by atoms with van der Waals surface area (Å²) in [7, 11) is 0. The number of nitrogens with zero attached hydrogens (tertiary/aromatic N) is 1. The molecule has 2 aromatic carbocycles. The summed E-state index contributed by atoms with van der Waals surface area (Å²) in [5.41, 5.74) is 2.56. The lowest BCUT2D eigenvalue weighted by Gasteiger charge is -2.38. The maximum Gasteiger partial charge on any atom is 0.232 e. The molecule has 0 N–H and O–H groups in total. The van der Waals surface area contributed by atoms with Gasteiger partial charge in [-0.15, -0.1) is 0 Å². The van der Waals surface area contributed by atoms with Crippen LogP contribution < -0.4 is 4.90 Å². The largest absolute Gasteiger partial charge is 0.294 e. The van der Waals surface area contributed by atoms with Crippen LogP contribution in [0.25, 0.3) is 0 Å². The third-order valence-electron chi connectivity index (χ3n) is 4.97. The van der Waals surface area contributed by atoms with Gasteiger partial charge in [0.05, 0.1) is 5.69 Å². The van der Waals surface area contributed by atoms with Crippen LogP contribution in [-0.2, 0) is 9.59 Å². The number of Topliss-reactive ketones (excluding diaryl/α,β-unsaturated/α-hetero) is 1. The van der Waals surface area contributed by atoms with Crippen LogP contribution in [0.2, 0.25) is 0 Å². The fourth-order valence-electron chi connectivity index (χ4n) is 3.88. The van der Waals surface area contributed by atoms with Crippen molar-refractivity contribution in [2.24, 2.45) is 0 Å². The van der Waals surface area contributed by atoms with Crippen LogP contribution in [0.5, 0.6) is 0 Å². The molecule has 3 nitrogen and oxygen atoms in total. The third-order valence-corrected chi connectivity index (χ3v) is 4.97. The molecule has 2 aromatic rings. The SMILES string of the molecule is O=C1CCCC2=C1C(c1ccccc1)CC(=O)N2c1ccccc1F. The van der Waals surface area contributed by atoms with Crippen molar-refractivity contribution in [2.45, 2.75) is 31.6 Å². The average molecular weight is 335 g/mol. The normalized spacial score (nSPS) is 20.7. The van der Waals surface area contributed by atoms with Crippen LogP contribution in [0.3, 0.4) is 0 Å². The molecule has 0 saturated carbocycles. The van der Waals surface area contributed by atoms with Crippen molar-refractivity contribution >= 4 is 17.4 Å². The van der Waals surface area contributed by atoms with Gasteiger partial charge >= 0.3 is 0 Å². The van der Waals surface area contributed by atoms with Crippen LogP contribution in [0.15, 0.2) is 65.9 Å². The van der Waals surface area contributed by atoms with E-state index in [1.54, 1.807) is 18.2 Å². The summed E-state index contributed by atoms with van der Waals surface area (Å²) in [4.78, 5) is 27.0. The first-order valence-electron chi connectivity index (χ1n) is 8.55. The molecular formula is C21H18FNO2. The quantitative estimate of drug-likeness (QED) is 0.818. The highest BCUT2D eigenvalue weighted by atomic mass is 19.1. The predicted octanol–water partition coefficient (Wildman–Crippen LogP) is 4.35. The van der Waals surface area contributed by atoms with Gasteiger partial charge in [0, 0.05) is 30.0 Å². The maximum absolute atomic E-state index is 14.3. The van der Waals surface area contributed by atoms with Gasteiger partial charge in [0.1, 0.15) is 5.82 Å². The van der Waals surface area contributed by atoms with Crippen LogP contribution in [0.4, 0.5) is 10.1 Å². The molecule has 0 fully saturated rings. The first kappa shape index (κ1) is 15.8. The zero-order valence-corrected chi connectivity index (χ0v) is 13.7. The van der Waals surface area contributed by atoms with E-state index in [1.807, 2.05) is 30.3 Å². The third kappa shape index (κ3) is 2.68. The Morgan fingerprint density at radius 1 is 0.920 bits per heavy atom. The molecule has 0 radical (unpaired) electrons. The van der Waals surface area contributed by atoms with Crippen molar-refractivity contribution < 1.29 is 14.0 Å². The molecule has 2 aliphatic rings. The summed E-state index contributed by atoms with van der Waals surface area (Å²) in [5, 5.41) is 0. The van der Waals surface area contributed by atoms with Crippen molar-refractivity contribution in [3.63, 3.8) is 0 Å². The summed E-state index contributed by atoms with van der Waals surface area (Å²) in [6, 6.07) is 15.9. The monoisotopic (exact) mass is 335 g/mol. The van der Waals surface area contributed by atoms with E-state index in [1.165, 1.54) is 11.0 Å². The molecule has 4 rings (SSSR count). The predicted molar refractivity (Wildman–Crippen MR) is 93.6 cm³/mol. The molecule has 0 aromatic heterocycles. The summed E-state index contributed by atoms with van der Waals surface area (Å²) in [6.07, 6.45) is 1.98. The minimum absolute atomic E-state index is 0.0731. The number of halogens is 1. The fourth-order valence-corrected chi connectivity index (χ4v) is 3.88. The van der Waals surface area contributed by atoms with Gasteiger partial charge in [-0.3, -0.25) is 14.5 Å². The minimum Gasteiger partial charge on any atom is -0.294 e. The van der Waals surface area contributed by atoms with E-state index in [0.29, 0.717) is 30.5 Å². The van der Waals surface area contributed by atoms with Gasteiger partial charge in [0.15, 0.2) is 5.78 Å². The van der Waals surface area contributed by atoms with Gasteiger partial charge in [-0.25, -0.2) is 4.39 Å². The molecule has 0 saturated heterocycles. The summed E-state index contributed by atoms with van der Waals surface area (Å²) in [5.74, 6) is -0.769. The molecule has 4 heteroatoms. The number of anilines is 1. The summed E-state index contributed by atoms with van der Waals surface area (Å²) < 4.78 is 14.3. The van der Waals surface area contributed by atoms with E-state index in [2.05, 4.69) is 0 Å². The second-order valence-corrected chi connectivity index (χ2v) is 6.49. The Balaban J connectivity index is 1.89. The molecule has 0 bridgehead atoms. The van der Waals surface area contributed by atoms with Crippen LogP contribution in [-0.4, -0.2) is 11.7 Å². The van der Waals surface area contributed by atoms with Crippen molar-refractivity contribution in [3.8, 4) is 0 Å². The molecule has 0 spiro atoms. The van der Waals surface area contributed by atoms with E-state index in [4.69, 9.17) is 0 Å². The van der Waals surface area contributed by atoms with Gasteiger partial charge < -0.3 is 0 Å². The zero-order valence-electron chi connectivity index (χ0n) is 13.7.